The van der Waals surface area contributed by atoms with Crippen molar-refractivity contribution in [1.29, 1.82) is 0 Å². The molecule has 0 saturated heterocycles. The second-order valence-corrected chi connectivity index (χ2v) is 9.19. The molecule has 0 aromatic heterocycles. The van der Waals surface area contributed by atoms with Crippen LogP contribution in [0, 0.1) is 11.8 Å². The highest BCUT2D eigenvalue weighted by molar-refractivity contribution is 5.75. The Balaban J connectivity index is 3.39. The Morgan fingerprint density at radius 1 is 0.868 bits per heavy atom. The minimum atomic E-state index is -1.39. The fourth-order valence-electron chi connectivity index (χ4n) is 3.75. The van der Waals surface area contributed by atoms with Crippen LogP contribution in [0.15, 0.2) is 18.2 Å². The van der Waals surface area contributed by atoms with Crippen molar-refractivity contribution in [3.8, 4) is 11.5 Å². The first kappa shape index (κ1) is 32.7. The summed E-state index contributed by atoms with van der Waals surface area (Å²) in [5.74, 6) is -3.70. The highest BCUT2D eigenvalue weighted by Crippen LogP contribution is 2.37. The second kappa shape index (κ2) is 16.5. The highest BCUT2D eigenvalue weighted by atomic mass is 16.7. The number of carbonyl (C=O) groups is 4. The fraction of sp³-hybridized carbons (Fsp3) is 0.630. The number of hydrogen-bond donors (Lipinski definition) is 2. The van der Waals surface area contributed by atoms with E-state index < -0.39 is 42.3 Å². The van der Waals surface area contributed by atoms with Gasteiger partial charge in [0.25, 0.3) is 0 Å². The van der Waals surface area contributed by atoms with Crippen LogP contribution in [0.2, 0.25) is 0 Å². The smallest absolute Gasteiger partial charge is 0.480 e. The number of carbonyl (C=O) groups excluding carboxylic acids is 3. The molecule has 0 saturated carbocycles. The maximum atomic E-state index is 12.5. The summed E-state index contributed by atoms with van der Waals surface area (Å²) in [5, 5.41) is 9.73. The van der Waals surface area contributed by atoms with Gasteiger partial charge in [-0.05, 0) is 43.9 Å². The molecule has 0 aliphatic carbocycles. The number of carboxylic acid groups (broad SMARTS) is 1. The number of rotatable bonds is 15. The van der Waals surface area contributed by atoms with Crippen LogP contribution in [-0.2, 0) is 23.8 Å². The van der Waals surface area contributed by atoms with Gasteiger partial charge < -0.3 is 34.5 Å². The number of esters is 1. The van der Waals surface area contributed by atoms with Gasteiger partial charge in [0.15, 0.2) is 11.5 Å². The Bertz CT molecular complexity index is 934. The van der Waals surface area contributed by atoms with E-state index in [0.29, 0.717) is 24.8 Å². The van der Waals surface area contributed by atoms with E-state index in [4.69, 9.17) is 29.4 Å². The molecule has 0 radical (unpaired) electrons. The largest absolute Gasteiger partial charge is 0.513 e. The Morgan fingerprint density at radius 3 is 1.92 bits per heavy atom. The van der Waals surface area contributed by atoms with E-state index in [2.05, 4.69) is 0 Å². The topological polar surface area (TPSA) is 161 Å². The Morgan fingerprint density at radius 2 is 1.42 bits per heavy atom. The van der Waals surface area contributed by atoms with Gasteiger partial charge in [0.1, 0.15) is 12.1 Å². The zero-order valence-electron chi connectivity index (χ0n) is 23.1. The molecule has 38 heavy (non-hydrogen) atoms. The maximum Gasteiger partial charge on any atom is 0.513 e. The van der Waals surface area contributed by atoms with E-state index in [9.17, 15) is 24.3 Å². The third-order valence-corrected chi connectivity index (χ3v) is 5.99. The highest BCUT2D eigenvalue weighted by Gasteiger charge is 2.36. The van der Waals surface area contributed by atoms with Crippen LogP contribution in [0.3, 0.4) is 0 Å². The minimum absolute atomic E-state index is 0.107. The van der Waals surface area contributed by atoms with E-state index in [1.54, 1.807) is 20.8 Å². The first-order valence-corrected chi connectivity index (χ1v) is 13.0. The van der Waals surface area contributed by atoms with Gasteiger partial charge in [-0.15, -0.1) is 0 Å². The number of ether oxygens (including phenoxy) is 5. The van der Waals surface area contributed by atoms with Crippen LogP contribution in [0.5, 0.6) is 11.5 Å². The summed E-state index contributed by atoms with van der Waals surface area (Å²) < 4.78 is 26.0. The first-order valence-electron chi connectivity index (χ1n) is 13.0. The fourth-order valence-corrected chi connectivity index (χ4v) is 3.75. The summed E-state index contributed by atoms with van der Waals surface area (Å²) in [6.07, 6.45) is -0.104. The monoisotopic (exact) mass is 539 g/mol. The van der Waals surface area contributed by atoms with Crippen LogP contribution in [0.4, 0.5) is 9.59 Å². The van der Waals surface area contributed by atoms with Crippen molar-refractivity contribution >= 4 is 24.2 Å². The van der Waals surface area contributed by atoms with Crippen molar-refractivity contribution in [2.45, 2.75) is 85.3 Å². The zero-order chi connectivity index (χ0) is 28.8. The lowest BCUT2D eigenvalue weighted by molar-refractivity contribution is -0.155. The molecular weight excluding hydrogens is 498 g/mol. The predicted molar refractivity (Wildman–Crippen MR) is 138 cm³/mol. The second-order valence-electron chi connectivity index (χ2n) is 9.19. The standard InChI is InChI=1S/C27H41NO10/c1-7-10-16(4)25(31)36-18(6)17(5)22(23(28)24(29)30)19-11-12-20(37-26(32)34-13-8-2)21(15-19)38-27(33)35-14-9-3/h11-12,15-18,22-23H,7-10,13-14,28H2,1-6H3,(H,29,30)/t16?,17?,18?,22?,23-/m0/s1. The van der Waals surface area contributed by atoms with Gasteiger partial charge in [0.2, 0.25) is 0 Å². The third-order valence-electron chi connectivity index (χ3n) is 5.99. The van der Waals surface area contributed by atoms with Crippen molar-refractivity contribution < 1.29 is 48.0 Å². The molecule has 1 aromatic rings. The summed E-state index contributed by atoms with van der Waals surface area (Å²) in [5.41, 5.74) is 6.45. The van der Waals surface area contributed by atoms with Gasteiger partial charge in [-0.2, -0.15) is 0 Å². The summed E-state index contributed by atoms with van der Waals surface area (Å²) in [4.78, 5) is 48.6. The molecule has 0 spiro atoms. The minimum Gasteiger partial charge on any atom is -0.480 e. The molecule has 3 N–H and O–H groups in total. The quantitative estimate of drug-likeness (QED) is 0.174. The lowest BCUT2D eigenvalue weighted by Crippen LogP contribution is -2.43. The molecule has 0 bridgehead atoms. The molecule has 0 amide bonds. The summed E-state index contributed by atoms with van der Waals surface area (Å²) in [6, 6.07) is 2.82. The van der Waals surface area contributed by atoms with Crippen LogP contribution < -0.4 is 15.2 Å². The summed E-state index contributed by atoms with van der Waals surface area (Å²) >= 11 is 0. The molecule has 1 rings (SSSR count). The lowest BCUT2D eigenvalue weighted by Gasteiger charge is -2.32. The Labute approximate surface area is 223 Å². The Kier molecular flexibility index (Phi) is 14.2. The summed E-state index contributed by atoms with van der Waals surface area (Å²) in [6.45, 7) is 11.0. The zero-order valence-corrected chi connectivity index (χ0v) is 23.1. The van der Waals surface area contributed by atoms with E-state index in [1.807, 2.05) is 20.8 Å². The first-order chi connectivity index (χ1) is 18.0. The molecular formula is C27H41NO10. The van der Waals surface area contributed by atoms with Crippen LogP contribution >= 0.6 is 0 Å². The van der Waals surface area contributed by atoms with E-state index in [-0.39, 0.29) is 36.6 Å². The molecule has 0 aliphatic rings. The maximum absolute atomic E-state index is 12.5. The molecule has 4 unspecified atom stereocenters. The average Bonchev–Trinajstić information content (AvgIpc) is 2.87. The average molecular weight is 540 g/mol. The third kappa shape index (κ3) is 10.2. The molecule has 0 heterocycles. The number of aliphatic carboxylic acids is 1. The molecule has 5 atom stereocenters. The van der Waals surface area contributed by atoms with Gasteiger partial charge in [-0.3, -0.25) is 9.59 Å². The number of hydrogen-bond acceptors (Lipinski definition) is 10. The molecule has 1 aromatic carbocycles. The van der Waals surface area contributed by atoms with Crippen molar-refractivity contribution in [3.05, 3.63) is 23.8 Å². The van der Waals surface area contributed by atoms with Crippen molar-refractivity contribution in [3.63, 3.8) is 0 Å². The van der Waals surface area contributed by atoms with Gasteiger partial charge in [-0.1, -0.05) is 47.1 Å². The molecule has 214 valence electrons. The number of carboxylic acids is 1. The SMILES string of the molecule is CCCOC(=O)Oc1ccc(C(C(C)C(C)OC(=O)C(C)CCC)[C@H](N)C(=O)O)cc1OC(=O)OCCC. The van der Waals surface area contributed by atoms with Gasteiger partial charge >= 0.3 is 24.2 Å². The van der Waals surface area contributed by atoms with E-state index in [1.165, 1.54) is 18.2 Å². The number of nitrogens with two attached hydrogens (primary N) is 1. The molecule has 0 fully saturated rings. The predicted octanol–water partition coefficient (Wildman–Crippen LogP) is 5.04. The normalized spacial score (nSPS) is 14.8. The van der Waals surface area contributed by atoms with Crippen LogP contribution in [-0.4, -0.2) is 54.7 Å². The number of benzene rings is 1. The molecule has 11 heteroatoms. The van der Waals surface area contributed by atoms with E-state index >= 15 is 0 Å². The van der Waals surface area contributed by atoms with E-state index in [0.717, 1.165) is 6.42 Å². The van der Waals surface area contributed by atoms with Crippen LogP contribution in [0.1, 0.15) is 78.7 Å². The molecule has 11 nitrogen and oxygen atoms in total. The lowest BCUT2D eigenvalue weighted by atomic mass is 9.79. The van der Waals surface area contributed by atoms with Crippen LogP contribution in [0.25, 0.3) is 0 Å². The van der Waals surface area contributed by atoms with Crippen molar-refractivity contribution in [1.82, 2.24) is 0 Å². The van der Waals surface area contributed by atoms with Crippen molar-refractivity contribution in [2.24, 2.45) is 17.6 Å². The summed E-state index contributed by atoms with van der Waals surface area (Å²) in [7, 11) is 0. The van der Waals surface area contributed by atoms with Crippen molar-refractivity contribution in [2.75, 3.05) is 13.2 Å². The van der Waals surface area contributed by atoms with Gasteiger partial charge in [0.05, 0.1) is 19.1 Å². The Hall–Kier alpha value is -3.34. The van der Waals surface area contributed by atoms with Gasteiger partial charge in [0, 0.05) is 11.8 Å². The molecule has 0 aliphatic heterocycles. The van der Waals surface area contributed by atoms with Gasteiger partial charge in [-0.25, -0.2) is 9.59 Å².